The van der Waals surface area contributed by atoms with Crippen molar-refractivity contribution in [3.8, 4) is 11.3 Å². The van der Waals surface area contributed by atoms with Crippen molar-refractivity contribution in [2.24, 2.45) is 0 Å². The highest BCUT2D eigenvalue weighted by molar-refractivity contribution is 6.30. The lowest BCUT2D eigenvalue weighted by atomic mass is 10.0. The Bertz CT molecular complexity index is 725. The van der Waals surface area contributed by atoms with Crippen LogP contribution in [0.3, 0.4) is 0 Å². The second kappa shape index (κ2) is 7.36. The standard InChI is InChI=1S/C18H22ClN3O2/c1-12(11-17(23)24-2)22-16-8-10-20-9-7-15(16)18(21-22)13-3-5-14(19)6-4-13/h3-6,12,20H,7-11H2,1-2H3. The summed E-state index contributed by atoms with van der Waals surface area (Å²) in [4.78, 5) is 11.7. The van der Waals surface area contributed by atoms with Crippen LogP contribution >= 0.6 is 11.6 Å². The van der Waals surface area contributed by atoms with Crippen LogP contribution in [-0.4, -0.2) is 35.9 Å². The SMILES string of the molecule is COC(=O)CC(C)n1nc(-c2ccc(Cl)cc2)c2c1CCNCC2. The van der Waals surface area contributed by atoms with Crippen LogP contribution in [0.5, 0.6) is 0 Å². The van der Waals surface area contributed by atoms with Crippen LogP contribution in [0.15, 0.2) is 24.3 Å². The van der Waals surface area contributed by atoms with E-state index in [2.05, 4.69) is 5.32 Å². The van der Waals surface area contributed by atoms with E-state index in [1.54, 1.807) is 0 Å². The minimum Gasteiger partial charge on any atom is -0.469 e. The number of hydrogen-bond acceptors (Lipinski definition) is 4. The molecule has 24 heavy (non-hydrogen) atoms. The van der Waals surface area contributed by atoms with Crippen LogP contribution in [0.1, 0.15) is 30.6 Å². The number of benzene rings is 1. The number of methoxy groups -OCH3 is 1. The molecule has 1 aromatic carbocycles. The molecule has 0 aliphatic carbocycles. The number of carbonyl (C=O) groups excluding carboxylic acids is 1. The Morgan fingerprint density at radius 2 is 2.04 bits per heavy atom. The third-order valence-electron chi connectivity index (χ3n) is 4.43. The zero-order valence-corrected chi connectivity index (χ0v) is 14.8. The minimum atomic E-state index is -0.216. The highest BCUT2D eigenvalue weighted by Gasteiger charge is 2.24. The average molecular weight is 348 g/mol. The van der Waals surface area contributed by atoms with E-state index in [9.17, 15) is 4.79 Å². The molecule has 0 spiro atoms. The Hall–Kier alpha value is -1.85. The highest BCUT2D eigenvalue weighted by Crippen LogP contribution is 2.30. The number of esters is 1. The number of rotatable bonds is 4. The maximum absolute atomic E-state index is 11.7. The van der Waals surface area contributed by atoms with Crippen molar-refractivity contribution in [3.63, 3.8) is 0 Å². The molecule has 3 rings (SSSR count). The summed E-state index contributed by atoms with van der Waals surface area (Å²) in [6.45, 7) is 3.86. The first-order valence-corrected chi connectivity index (χ1v) is 8.61. The largest absolute Gasteiger partial charge is 0.469 e. The van der Waals surface area contributed by atoms with Gasteiger partial charge in [-0.15, -0.1) is 0 Å². The molecule has 1 N–H and O–H groups in total. The lowest BCUT2D eigenvalue weighted by molar-refractivity contribution is -0.141. The van der Waals surface area contributed by atoms with Gasteiger partial charge < -0.3 is 10.1 Å². The van der Waals surface area contributed by atoms with Crippen molar-refractivity contribution in [2.75, 3.05) is 20.2 Å². The van der Waals surface area contributed by atoms with Crippen LogP contribution < -0.4 is 5.32 Å². The van der Waals surface area contributed by atoms with Gasteiger partial charge in [-0.3, -0.25) is 9.48 Å². The van der Waals surface area contributed by atoms with E-state index in [0.717, 1.165) is 37.2 Å². The molecule has 2 aromatic rings. The molecule has 6 heteroatoms. The van der Waals surface area contributed by atoms with Gasteiger partial charge in [-0.2, -0.15) is 5.10 Å². The molecule has 0 saturated heterocycles. The summed E-state index contributed by atoms with van der Waals surface area (Å²) in [5, 5.41) is 9.00. The molecule has 1 aliphatic heterocycles. The molecular formula is C18H22ClN3O2. The van der Waals surface area contributed by atoms with Gasteiger partial charge in [0.1, 0.15) is 0 Å². The first-order valence-electron chi connectivity index (χ1n) is 8.24. The number of nitrogens with zero attached hydrogens (tertiary/aromatic N) is 2. The molecule has 1 atom stereocenters. The number of fused-ring (bicyclic) bond motifs is 1. The topological polar surface area (TPSA) is 56.2 Å². The predicted molar refractivity (Wildman–Crippen MR) is 94.3 cm³/mol. The number of nitrogens with one attached hydrogen (secondary N) is 1. The highest BCUT2D eigenvalue weighted by atomic mass is 35.5. The summed E-state index contributed by atoms with van der Waals surface area (Å²) in [6.07, 6.45) is 2.15. The average Bonchev–Trinajstić information content (AvgIpc) is 2.77. The van der Waals surface area contributed by atoms with Crippen molar-refractivity contribution in [1.29, 1.82) is 0 Å². The molecule has 1 aliphatic rings. The Morgan fingerprint density at radius 3 is 2.75 bits per heavy atom. The van der Waals surface area contributed by atoms with Gasteiger partial charge in [-0.1, -0.05) is 23.7 Å². The lowest BCUT2D eigenvalue weighted by Gasteiger charge is -2.14. The van der Waals surface area contributed by atoms with Crippen LogP contribution in [0, 0.1) is 0 Å². The van der Waals surface area contributed by atoms with Gasteiger partial charge in [0.15, 0.2) is 0 Å². The summed E-state index contributed by atoms with van der Waals surface area (Å²) < 4.78 is 6.81. The summed E-state index contributed by atoms with van der Waals surface area (Å²) >= 11 is 6.01. The van der Waals surface area contributed by atoms with Crippen LogP contribution in [0.4, 0.5) is 0 Å². The molecule has 0 saturated carbocycles. The zero-order chi connectivity index (χ0) is 17.1. The van der Waals surface area contributed by atoms with Crippen LogP contribution in [-0.2, 0) is 22.4 Å². The fourth-order valence-corrected chi connectivity index (χ4v) is 3.32. The van der Waals surface area contributed by atoms with E-state index >= 15 is 0 Å². The minimum absolute atomic E-state index is 0.0367. The van der Waals surface area contributed by atoms with Crippen LogP contribution in [0.25, 0.3) is 11.3 Å². The normalized spacial score (nSPS) is 15.5. The second-order valence-corrected chi connectivity index (χ2v) is 6.54. The van der Waals surface area contributed by atoms with Gasteiger partial charge in [0, 0.05) is 34.8 Å². The third kappa shape index (κ3) is 3.47. The molecular weight excluding hydrogens is 326 g/mol. The predicted octanol–water partition coefficient (Wildman–Crippen LogP) is 3.02. The summed E-state index contributed by atoms with van der Waals surface area (Å²) in [6, 6.07) is 7.73. The maximum Gasteiger partial charge on any atom is 0.307 e. The smallest absolute Gasteiger partial charge is 0.307 e. The Kier molecular flexibility index (Phi) is 5.21. The molecule has 1 unspecified atom stereocenters. The first kappa shape index (κ1) is 17.0. The van der Waals surface area contributed by atoms with Gasteiger partial charge in [0.25, 0.3) is 0 Å². The summed E-state index contributed by atoms with van der Waals surface area (Å²) in [5.41, 5.74) is 4.52. The maximum atomic E-state index is 11.7. The van der Waals surface area contributed by atoms with Crippen molar-refractivity contribution in [1.82, 2.24) is 15.1 Å². The van der Waals surface area contributed by atoms with E-state index in [-0.39, 0.29) is 12.0 Å². The summed E-state index contributed by atoms with van der Waals surface area (Å²) in [5.74, 6) is -0.216. The van der Waals surface area contributed by atoms with E-state index in [1.807, 2.05) is 35.9 Å². The molecule has 0 amide bonds. The molecule has 0 radical (unpaired) electrons. The number of halogens is 1. The second-order valence-electron chi connectivity index (χ2n) is 6.10. The van der Waals surface area contributed by atoms with Gasteiger partial charge in [-0.05, 0) is 32.0 Å². The van der Waals surface area contributed by atoms with E-state index < -0.39 is 0 Å². The van der Waals surface area contributed by atoms with Crippen molar-refractivity contribution < 1.29 is 9.53 Å². The Labute approximate surface area is 147 Å². The van der Waals surface area contributed by atoms with Crippen molar-refractivity contribution in [2.45, 2.75) is 32.2 Å². The molecule has 128 valence electrons. The number of hydrogen-bond donors (Lipinski definition) is 1. The van der Waals surface area contributed by atoms with Crippen molar-refractivity contribution in [3.05, 3.63) is 40.5 Å². The first-order chi connectivity index (χ1) is 11.6. The molecule has 0 fully saturated rings. The zero-order valence-electron chi connectivity index (χ0n) is 14.0. The summed E-state index contributed by atoms with van der Waals surface area (Å²) in [7, 11) is 1.42. The molecule has 0 bridgehead atoms. The van der Waals surface area contributed by atoms with Crippen molar-refractivity contribution >= 4 is 17.6 Å². The van der Waals surface area contributed by atoms with Gasteiger partial charge >= 0.3 is 5.97 Å². The Morgan fingerprint density at radius 1 is 1.33 bits per heavy atom. The number of aromatic nitrogens is 2. The van der Waals surface area contributed by atoms with Gasteiger partial charge in [0.2, 0.25) is 0 Å². The van der Waals surface area contributed by atoms with Gasteiger partial charge in [0.05, 0.1) is 25.3 Å². The molecule has 1 aromatic heterocycles. The quantitative estimate of drug-likeness (QED) is 0.864. The number of carbonyl (C=O) groups is 1. The molecule has 2 heterocycles. The lowest BCUT2D eigenvalue weighted by Crippen LogP contribution is -2.19. The van der Waals surface area contributed by atoms with Crippen LogP contribution in [0.2, 0.25) is 5.02 Å². The number of ether oxygens (including phenoxy) is 1. The monoisotopic (exact) mass is 347 g/mol. The Balaban J connectivity index is 2.03. The van der Waals surface area contributed by atoms with E-state index in [4.69, 9.17) is 21.4 Å². The fraction of sp³-hybridized carbons (Fsp3) is 0.444. The third-order valence-corrected chi connectivity index (χ3v) is 4.69. The molecule has 5 nitrogen and oxygen atoms in total. The fourth-order valence-electron chi connectivity index (χ4n) is 3.19. The van der Waals surface area contributed by atoms with Gasteiger partial charge in [-0.25, -0.2) is 0 Å². The van der Waals surface area contributed by atoms with E-state index in [1.165, 1.54) is 18.4 Å². The van der Waals surface area contributed by atoms with E-state index in [0.29, 0.717) is 11.4 Å².